The maximum Gasteiger partial charge on any atom is 0.408 e. The number of amides is 6. The van der Waals surface area contributed by atoms with Crippen LogP contribution in [0.25, 0.3) is 0 Å². The van der Waals surface area contributed by atoms with Gasteiger partial charge in [-0.05, 0) is 90.0 Å². The van der Waals surface area contributed by atoms with E-state index in [1.807, 2.05) is 0 Å². The standard InChI is InChI=1S/C41H62N6O9/c1-40(2,3)56-39(54)45-32(27-16-12-9-13-17-27)38(53)47-21-20-28(23-41(4,5)55)33(47)35(50)43-29(22-25-18-19-25)34(49)36(51)42-24-30(48)44-31(37(52)46(6)7)26-14-10-8-11-15-26/h8,10-11,14-15,25,27-29,31-33,55H,9,12-13,16-24H2,1-7H3,(H,42,51)(H,43,50)(H,44,48)(H,45,54). The molecule has 1 aliphatic heterocycles. The fourth-order valence-corrected chi connectivity index (χ4v) is 7.76. The van der Waals surface area contributed by atoms with Gasteiger partial charge in [-0.2, -0.15) is 0 Å². The first kappa shape index (κ1) is 44.2. The van der Waals surface area contributed by atoms with Crippen LogP contribution in [0.2, 0.25) is 0 Å². The third-order valence-electron chi connectivity index (χ3n) is 10.6. The Balaban J connectivity index is 1.51. The number of hydrogen-bond donors (Lipinski definition) is 5. The minimum absolute atomic E-state index is 0.103. The van der Waals surface area contributed by atoms with Gasteiger partial charge in [-0.25, -0.2) is 4.79 Å². The Morgan fingerprint density at radius 1 is 0.875 bits per heavy atom. The quantitative estimate of drug-likeness (QED) is 0.156. The molecule has 0 bridgehead atoms. The summed E-state index contributed by atoms with van der Waals surface area (Å²) in [4.78, 5) is 97.5. The van der Waals surface area contributed by atoms with Crippen LogP contribution in [0.5, 0.6) is 0 Å². The lowest BCUT2D eigenvalue weighted by atomic mass is 9.83. The van der Waals surface area contributed by atoms with Gasteiger partial charge in [0.25, 0.3) is 5.91 Å². The summed E-state index contributed by atoms with van der Waals surface area (Å²) in [7, 11) is 3.12. The second-order valence-electron chi connectivity index (χ2n) is 17.5. The molecule has 56 heavy (non-hydrogen) atoms. The minimum atomic E-state index is -1.24. The van der Waals surface area contributed by atoms with Crippen molar-refractivity contribution in [3.8, 4) is 0 Å². The topological polar surface area (TPSA) is 204 Å². The molecule has 1 heterocycles. The third-order valence-corrected chi connectivity index (χ3v) is 10.6. The number of nitrogens with one attached hydrogen (secondary N) is 4. The summed E-state index contributed by atoms with van der Waals surface area (Å²) in [6, 6.07) is 4.34. The van der Waals surface area contributed by atoms with Crippen molar-refractivity contribution in [2.75, 3.05) is 27.2 Å². The molecule has 0 spiro atoms. The van der Waals surface area contributed by atoms with Crippen LogP contribution in [0.15, 0.2) is 30.3 Å². The van der Waals surface area contributed by atoms with Crippen LogP contribution in [0.3, 0.4) is 0 Å². The first-order chi connectivity index (χ1) is 26.2. The summed E-state index contributed by atoms with van der Waals surface area (Å²) in [5.41, 5.74) is -1.44. The molecule has 1 saturated heterocycles. The molecule has 0 radical (unpaired) electrons. The largest absolute Gasteiger partial charge is 0.444 e. The summed E-state index contributed by atoms with van der Waals surface area (Å²) in [6.45, 7) is 8.04. The number of alkyl carbamates (subject to hydrolysis) is 1. The van der Waals surface area contributed by atoms with Crippen LogP contribution < -0.4 is 21.3 Å². The summed E-state index contributed by atoms with van der Waals surface area (Å²) < 4.78 is 5.52. The van der Waals surface area contributed by atoms with E-state index in [9.17, 15) is 38.7 Å². The zero-order valence-corrected chi connectivity index (χ0v) is 34.0. The molecule has 15 nitrogen and oxygen atoms in total. The Hall–Kier alpha value is -4.53. The SMILES string of the molecule is CN(C)C(=O)C(NC(=O)CNC(=O)C(=O)C(CC1CC1)NC(=O)C1C(CC(C)(C)O)CCN1C(=O)C(NC(=O)OC(C)(C)C)C1CCCCC1)c1ccccc1. The zero-order chi connectivity index (χ0) is 41.4. The molecule has 5 unspecified atom stereocenters. The van der Waals surface area contributed by atoms with Crippen LogP contribution in [0.4, 0.5) is 4.79 Å². The Morgan fingerprint density at radius 2 is 1.52 bits per heavy atom. The number of likely N-dealkylation sites (N-methyl/N-ethyl adjacent to an activating group) is 1. The van der Waals surface area contributed by atoms with Gasteiger partial charge in [0.05, 0.1) is 18.2 Å². The average Bonchev–Trinajstić information content (AvgIpc) is 3.86. The molecule has 6 amide bonds. The van der Waals surface area contributed by atoms with Crippen molar-refractivity contribution < 1.29 is 43.4 Å². The van der Waals surface area contributed by atoms with E-state index >= 15 is 0 Å². The molecular formula is C41H62N6O9. The van der Waals surface area contributed by atoms with Crippen LogP contribution >= 0.6 is 0 Å². The first-order valence-corrected chi connectivity index (χ1v) is 19.9. The van der Waals surface area contributed by atoms with E-state index in [1.165, 1.54) is 9.80 Å². The van der Waals surface area contributed by atoms with E-state index in [4.69, 9.17) is 4.74 Å². The van der Waals surface area contributed by atoms with E-state index in [1.54, 1.807) is 79.0 Å². The second kappa shape index (κ2) is 19.1. The summed E-state index contributed by atoms with van der Waals surface area (Å²) in [5, 5.41) is 21.4. The predicted molar refractivity (Wildman–Crippen MR) is 208 cm³/mol. The lowest BCUT2D eigenvalue weighted by Gasteiger charge is -2.36. The highest BCUT2D eigenvalue weighted by Gasteiger charge is 2.48. The number of rotatable bonds is 16. The minimum Gasteiger partial charge on any atom is -0.444 e. The van der Waals surface area contributed by atoms with E-state index < -0.39 is 83.3 Å². The molecule has 2 aliphatic carbocycles. The molecule has 4 rings (SSSR count). The number of Topliss-reactive ketones (excluding diaryl/α,β-unsaturated/α-hetero) is 1. The fourth-order valence-electron chi connectivity index (χ4n) is 7.76. The van der Waals surface area contributed by atoms with Gasteiger partial charge in [0, 0.05) is 20.6 Å². The highest BCUT2D eigenvalue weighted by Crippen LogP contribution is 2.36. The average molecular weight is 783 g/mol. The maximum absolute atomic E-state index is 14.5. The van der Waals surface area contributed by atoms with E-state index in [-0.39, 0.29) is 37.1 Å². The van der Waals surface area contributed by atoms with Gasteiger partial charge >= 0.3 is 6.09 Å². The van der Waals surface area contributed by atoms with Crippen molar-refractivity contribution >= 4 is 41.4 Å². The molecule has 5 atom stereocenters. The van der Waals surface area contributed by atoms with Gasteiger partial charge in [-0.1, -0.05) is 62.4 Å². The van der Waals surface area contributed by atoms with E-state index in [0.29, 0.717) is 24.8 Å². The van der Waals surface area contributed by atoms with Crippen LogP contribution in [0, 0.1) is 17.8 Å². The Morgan fingerprint density at radius 3 is 2.09 bits per heavy atom. The highest BCUT2D eigenvalue weighted by molar-refractivity contribution is 6.38. The molecule has 0 aromatic heterocycles. The van der Waals surface area contributed by atoms with Gasteiger partial charge < -0.3 is 40.9 Å². The van der Waals surface area contributed by atoms with Gasteiger partial charge in [0.1, 0.15) is 23.7 Å². The Bertz CT molecular complexity index is 1580. The second-order valence-corrected chi connectivity index (χ2v) is 17.5. The molecular weight excluding hydrogens is 720 g/mol. The molecule has 3 fully saturated rings. The number of aliphatic hydroxyl groups is 1. The number of ether oxygens (including phenoxy) is 1. The van der Waals surface area contributed by atoms with E-state index in [2.05, 4.69) is 21.3 Å². The maximum atomic E-state index is 14.5. The third kappa shape index (κ3) is 13.0. The molecule has 5 N–H and O–H groups in total. The van der Waals surface area contributed by atoms with Crippen molar-refractivity contribution in [1.29, 1.82) is 0 Å². The van der Waals surface area contributed by atoms with Crippen LogP contribution in [-0.2, 0) is 33.5 Å². The van der Waals surface area contributed by atoms with E-state index in [0.717, 1.165) is 32.1 Å². The molecule has 1 aromatic carbocycles. The molecule has 2 saturated carbocycles. The van der Waals surface area contributed by atoms with Crippen molar-refractivity contribution in [3.05, 3.63) is 35.9 Å². The number of nitrogens with zero attached hydrogens (tertiary/aromatic N) is 2. The highest BCUT2D eigenvalue weighted by atomic mass is 16.6. The number of likely N-dealkylation sites (tertiary alicyclic amines) is 1. The number of carbonyl (C=O) groups excluding carboxylic acids is 7. The lowest BCUT2D eigenvalue weighted by molar-refractivity contribution is -0.144. The first-order valence-electron chi connectivity index (χ1n) is 19.9. The summed E-state index contributed by atoms with van der Waals surface area (Å²) in [6.07, 6.45) is 5.92. The van der Waals surface area contributed by atoms with Crippen molar-refractivity contribution in [1.82, 2.24) is 31.1 Å². The number of carbonyl (C=O) groups is 7. The predicted octanol–water partition coefficient (Wildman–Crippen LogP) is 2.75. The fraction of sp³-hybridized carbons (Fsp3) is 0.683. The Labute approximate surface area is 330 Å². The zero-order valence-electron chi connectivity index (χ0n) is 34.0. The number of benzene rings is 1. The monoisotopic (exact) mass is 782 g/mol. The molecule has 310 valence electrons. The Kier molecular flexibility index (Phi) is 15.1. The molecule has 3 aliphatic rings. The van der Waals surface area contributed by atoms with Crippen LogP contribution in [0.1, 0.15) is 110 Å². The van der Waals surface area contributed by atoms with Crippen molar-refractivity contribution in [2.24, 2.45) is 17.8 Å². The lowest BCUT2D eigenvalue weighted by Crippen LogP contribution is -2.59. The smallest absolute Gasteiger partial charge is 0.408 e. The van der Waals surface area contributed by atoms with Gasteiger partial charge in [0.2, 0.25) is 29.4 Å². The molecule has 1 aromatic rings. The summed E-state index contributed by atoms with van der Waals surface area (Å²) >= 11 is 0. The van der Waals surface area contributed by atoms with Gasteiger partial charge in [-0.15, -0.1) is 0 Å². The van der Waals surface area contributed by atoms with Crippen molar-refractivity contribution in [2.45, 2.75) is 134 Å². The van der Waals surface area contributed by atoms with Gasteiger partial charge in [-0.3, -0.25) is 28.8 Å². The number of hydrogen-bond acceptors (Lipinski definition) is 9. The molecule has 15 heteroatoms. The van der Waals surface area contributed by atoms with Crippen LogP contribution in [-0.4, -0.2) is 113 Å². The van der Waals surface area contributed by atoms with Gasteiger partial charge in [0.15, 0.2) is 0 Å². The van der Waals surface area contributed by atoms with Crippen molar-refractivity contribution in [3.63, 3.8) is 0 Å². The summed E-state index contributed by atoms with van der Waals surface area (Å²) in [5.74, 6) is -4.72. The number of ketones is 1. The normalized spacial score (nSPS) is 20.5.